The second kappa shape index (κ2) is 3.94. The van der Waals surface area contributed by atoms with Gasteiger partial charge in [-0.25, -0.2) is 0 Å². The van der Waals surface area contributed by atoms with Gasteiger partial charge in [0.25, 0.3) is 0 Å². The fourth-order valence-electron chi connectivity index (χ4n) is 3.20. The van der Waals surface area contributed by atoms with E-state index in [9.17, 15) is 0 Å². The summed E-state index contributed by atoms with van der Waals surface area (Å²) in [5.74, 6) is 0.673. The van der Waals surface area contributed by atoms with Crippen molar-refractivity contribution < 1.29 is 0 Å². The second-order valence-corrected chi connectivity index (χ2v) is 5.29. The Hall–Kier alpha value is -0.730. The number of rotatable bonds is 1. The second-order valence-electron chi connectivity index (χ2n) is 4.86. The number of fused-ring (bicyclic) bond motifs is 3. The van der Waals surface area contributed by atoms with E-state index >= 15 is 0 Å². The molecule has 0 saturated carbocycles. The summed E-state index contributed by atoms with van der Waals surface area (Å²) in [6.07, 6.45) is 3.65. The third-order valence-electron chi connectivity index (χ3n) is 4.05. The smallest absolute Gasteiger partial charge is 0.0426 e. The van der Waals surface area contributed by atoms with Crippen molar-refractivity contribution in [1.29, 1.82) is 0 Å². The summed E-state index contributed by atoms with van der Waals surface area (Å²) < 4.78 is 0. The fraction of sp³-hybridized carbons (Fsp3) is 0.538. The molecule has 2 heterocycles. The maximum Gasteiger partial charge on any atom is 0.0426 e. The van der Waals surface area contributed by atoms with Crippen LogP contribution in [0.3, 0.4) is 0 Å². The van der Waals surface area contributed by atoms with Crippen molar-refractivity contribution in [1.82, 2.24) is 0 Å². The van der Waals surface area contributed by atoms with E-state index in [0.717, 1.165) is 18.1 Å². The van der Waals surface area contributed by atoms with E-state index in [-0.39, 0.29) is 0 Å². The molecule has 3 rings (SSSR count). The largest absolute Gasteiger partial charge is 0.368 e. The van der Waals surface area contributed by atoms with Crippen LogP contribution in [0.5, 0.6) is 0 Å². The molecule has 0 radical (unpaired) electrons. The lowest BCUT2D eigenvalue weighted by molar-refractivity contribution is 0.446. The van der Waals surface area contributed by atoms with Gasteiger partial charge in [0, 0.05) is 23.3 Å². The van der Waals surface area contributed by atoms with Crippen molar-refractivity contribution >= 4 is 17.3 Å². The molecule has 2 unspecified atom stereocenters. The summed E-state index contributed by atoms with van der Waals surface area (Å²) in [6.45, 7) is 1.96. The predicted molar refractivity (Wildman–Crippen MR) is 68.1 cm³/mol. The molecule has 2 atom stereocenters. The number of anilines is 1. The zero-order chi connectivity index (χ0) is 11.1. The van der Waals surface area contributed by atoms with Crippen LogP contribution >= 0.6 is 11.6 Å². The Kier molecular flexibility index (Phi) is 2.56. The Bertz CT molecular complexity index is 405. The monoisotopic (exact) mass is 236 g/mol. The van der Waals surface area contributed by atoms with Gasteiger partial charge in [-0.2, -0.15) is 0 Å². The number of halogens is 1. The van der Waals surface area contributed by atoms with Gasteiger partial charge in [-0.15, -0.1) is 0 Å². The molecule has 16 heavy (non-hydrogen) atoms. The van der Waals surface area contributed by atoms with Gasteiger partial charge in [0.05, 0.1) is 0 Å². The summed E-state index contributed by atoms with van der Waals surface area (Å²) in [4.78, 5) is 2.52. The van der Waals surface area contributed by atoms with Crippen LogP contribution in [0.2, 0.25) is 5.02 Å². The summed E-state index contributed by atoms with van der Waals surface area (Å²) >= 11 is 6.09. The van der Waals surface area contributed by atoms with Crippen molar-refractivity contribution in [3.05, 3.63) is 28.8 Å². The van der Waals surface area contributed by atoms with E-state index in [1.807, 2.05) is 6.07 Å². The number of nitrogens with two attached hydrogens (primary N) is 1. The molecule has 0 aliphatic carbocycles. The lowest BCUT2D eigenvalue weighted by Crippen LogP contribution is -2.39. The van der Waals surface area contributed by atoms with Crippen molar-refractivity contribution in [3.63, 3.8) is 0 Å². The van der Waals surface area contributed by atoms with Crippen LogP contribution in [0.4, 0.5) is 5.69 Å². The lowest BCUT2D eigenvalue weighted by atomic mass is 9.90. The average molecular weight is 237 g/mol. The summed E-state index contributed by atoms with van der Waals surface area (Å²) in [7, 11) is 0. The first-order chi connectivity index (χ1) is 7.79. The molecular weight excluding hydrogens is 220 g/mol. The molecule has 0 aromatic heterocycles. The van der Waals surface area contributed by atoms with Crippen LogP contribution in [0, 0.1) is 5.92 Å². The van der Waals surface area contributed by atoms with E-state index in [0.29, 0.717) is 12.0 Å². The van der Waals surface area contributed by atoms with Crippen molar-refractivity contribution in [2.45, 2.75) is 25.3 Å². The molecule has 0 bridgehead atoms. The highest BCUT2D eigenvalue weighted by molar-refractivity contribution is 6.30. The SMILES string of the molecule is NCC1CCN2c3cc(Cl)ccc3CCC12. The number of hydrogen-bond donors (Lipinski definition) is 1. The van der Waals surface area contributed by atoms with Gasteiger partial charge >= 0.3 is 0 Å². The molecule has 0 amide bonds. The highest BCUT2D eigenvalue weighted by atomic mass is 35.5. The Labute approximate surface area is 101 Å². The maximum atomic E-state index is 6.09. The van der Waals surface area contributed by atoms with Crippen molar-refractivity contribution in [2.75, 3.05) is 18.0 Å². The zero-order valence-corrected chi connectivity index (χ0v) is 10.1. The van der Waals surface area contributed by atoms with E-state index in [1.165, 1.54) is 30.5 Å². The summed E-state index contributed by atoms with van der Waals surface area (Å²) in [5, 5.41) is 0.843. The van der Waals surface area contributed by atoms with Gasteiger partial charge in [0.2, 0.25) is 0 Å². The molecule has 2 nitrogen and oxygen atoms in total. The van der Waals surface area contributed by atoms with E-state index in [2.05, 4.69) is 17.0 Å². The molecule has 0 spiro atoms. The molecule has 1 aromatic carbocycles. The maximum absolute atomic E-state index is 6.09. The topological polar surface area (TPSA) is 29.3 Å². The van der Waals surface area contributed by atoms with Crippen molar-refractivity contribution in [2.24, 2.45) is 11.7 Å². The summed E-state index contributed by atoms with van der Waals surface area (Å²) in [5.41, 5.74) is 8.63. The Morgan fingerprint density at radius 2 is 2.25 bits per heavy atom. The zero-order valence-electron chi connectivity index (χ0n) is 9.32. The first kappa shape index (κ1) is 10.4. The van der Waals surface area contributed by atoms with Gasteiger partial charge in [-0.1, -0.05) is 17.7 Å². The minimum atomic E-state index is 0.649. The van der Waals surface area contributed by atoms with Crippen LogP contribution in [-0.2, 0) is 6.42 Å². The minimum absolute atomic E-state index is 0.649. The van der Waals surface area contributed by atoms with Crippen LogP contribution in [0.25, 0.3) is 0 Å². The Morgan fingerprint density at radius 1 is 1.38 bits per heavy atom. The number of nitrogens with zero attached hydrogens (tertiary/aromatic N) is 1. The molecule has 1 saturated heterocycles. The molecule has 1 fully saturated rings. The third-order valence-corrected chi connectivity index (χ3v) is 4.29. The summed E-state index contributed by atoms with van der Waals surface area (Å²) in [6, 6.07) is 6.93. The van der Waals surface area contributed by atoms with E-state index in [1.54, 1.807) is 0 Å². The van der Waals surface area contributed by atoms with Gasteiger partial charge in [-0.3, -0.25) is 0 Å². The quantitative estimate of drug-likeness (QED) is 0.812. The van der Waals surface area contributed by atoms with Crippen LogP contribution in [0.15, 0.2) is 18.2 Å². The van der Waals surface area contributed by atoms with Crippen molar-refractivity contribution in [3.8, 4) is 0 Å². The molecular formula is C13H17ClN2. The molecule has 2 N–H and O–H groups in total. The lowest BCUT2D eigenvalue weighted by Gasteiger charge is -2.35. The number of hydrogen-bond acceptors (Lipinski definition) is 2. The normalized spacial score (nSPS) is 27.8. The highest BCUT2D eigenvalue weighted by Gasteiger charge is 2.36. The number of benzene rings is 1. The molecule has 2 aliphatic rings. The molecule has 86 valence electrons. The first-order valence-electron chi connectivity index (χ1n) is 6.04. The molecule has 1 aromatic rings. The van der Waals surface area contributed by atoms with Gasteiger partial charge < -0.3 is 10.6 Å². The van der Waals surface area contributed by atoms with E-state index < -0.39 is 0 Å². The minimum Gasteiger partial charge on any atom is -0.368 e. The molecule has 3 heteroatoms. The Balaban J connectivity index is 1.98. The van der Waals surface area contributed by atoms with Crippen LogP contribution in [-0.4, -0.2) is 19.1 Å². The third kappa shape index (κ3) is 1.52. The van der Waals surface area contributed by atoms with Gasteiger partial charge in [-0.05, 0) is 49.4 Å². The van der Waals surface area contributed by atoms with Crippen LogP contribution in [0.1, 0.15) is 18.4 Å². The average Bonchev–Trinajstić information content (AvgIpc) is 2.72. The Morgan fingerprint density at radius 3 is 3.06 bits per heavy atom. The first-order valence-corrected chi connectivity index (χ1v) is 6.42. The predicted octanol–water partition coefficient (Wildman–Crippen LogP) is 2.44. The standard InChI is InChI=1S/C13H17ClN2/c14-11-3-1-9-2-4-12-10(8-15)5-6-16(12)13(9)7-11/h1,3,7,10,12H,2,4-6,8,15H2. The number of aryl methyl sites for hydroxylation is 1. The molecule has 2 aliphatic heterocycles. The van der Waals surface area contributed by atoms with E-state index in [4.69, 9.17) is 17.3 Å². The highest BCUT2D eigenvalue weighted by Crippen LogP contribution is 2.39. The van der Waals surface area contributed by atoms with Crippen LogP contribution < -0.4 is 10.6 Å². The fourth-order valence-corrected chi connectivity index (χ4v) is 3.37. The van der Waals surface area contributed by atoms with Gasteiger partial charge in [0.1, 0.15) is 0 Å². The van der Waals surface area contributed by atoms with Gasteiger partial charge in [0.15, 0.2) is 0 Å².